The van der Waals surface area contributed by atoms with E-state index in [1.807, 2.05) is 18.2 Å². The first-order valence-electron chi connectivity index (χ1n) is 35.8. The number of benzene rings is 8. The highest BCUT2D eigenvalue weighted by atomic mass is 16.5. The van der Waals surface area contributed by atoms with Crippen molar-refractivity contribution < 1.29 is 4.74 Å². The summed E-state index contributed by atoms with van der Waals surface area (Å²) in [7, 11) is 1.69. The minimum Gasteiger partial charge on any atom is -0.497 e. The van der Waals surface area contributed by atoms with Crippen LogP contribution in [0.25, 0.3) is 0 Å². The summed E-state index contributed by atoms with van der Waals surface area (Å²) in [5.41, 5.74) is 20.3. The molecule has 8 rings (SSSR count). The highest BCUT2D eigenvalue weighted by Gasteiger charge is 2.15. The lowest BCUT2D eigenvalue weighted by Gasteiger charge is -2.20. The standard InChI is InChI=1S/C29H44.C25H36.C21H28.C14H14O/c1-3-5-7-9-11-13-15-26-17-21-28(22-18-26)25-29-23-19-27(20-24-29)16-14-12-10-8-6-4-2;1-3-5-7-9-11-22-13-17-24(18-14-22)21-25-19-15-23(16-20-25)12-10-8-6-4-2;1-20(2,3)18-11-7-16(8-12-18)15-17-9-13-19(14-10-17)21(4,5)6;1-15-14-9-7-13(8-10-14)11-12-5-3-2-4-6-12/h17-24H,3-16,25H2,1-2H3;13-20H,3-12,21H2,1-2H3;7-14H,15H2,1-6H3;2-10H,11H2,1H3. The molecule has 0 saturated heterocycles. The van der Waals surface area contributed by atoms with Crippen molar-refractivity contribution in [2.24, 2.45) is 0 Å². The third-order valence-electron chi connectivity index (χ3n) is 17.6. The average molecular weight is 1210 g/mol. The van der Waals surface area contributed by atoms with Crippen molar-refractivity contribution in [2.45, 2.75) is 260 Å². The minimum atomic E-state index is 0.229. The lowest BCUT2D eigenvalue weighted by Crippen LogP contribution is -2.11. The van der Waals surface area contributed by atoms with E-state index in [0.29, 0.717) is 0 Å². The van der Waals surface area contributed by atoms with Crippen LogP contribution in [0, 0.1) is 0 Å². The van der Waals surface area contributed by atoms with Crippen LogP contribution in [0.1, 0.15) is 276 Å². The van der Waals surface area contributed by atoms with E-state index in [1.165, 1.54) is 232 Å². The molecule has 0 aliphatic rings. The SMILES string of the molecule is CC(C)(C)c1ccc(Cc2ccc(C(C)(C)C)cc2)cc1.CCCCCCCCc1ccc(Cc2ccc(CCCCCCCC)cc2)cc1.CCCCCCc1ccc(Cc2ccc(CCCCCC)cc2)cc1.COc1ccc(Cc2ccccc2)cc1. The van der Waals surface area contributed by atoms with Gasteiger partial charge in [-0.15, -0.1) is 0 Å². The topological polar surface area (TPSA) is 9.23 Å². The Morgan fingerprint density at radius 2 is 0.422 bits per heavy atom. The molecule has 0 aliphatic heterocycles. The van der Waals surface area contributed by atoms with Gasteiger partial charge in [0.1, 0.15) is 5.75 Å². The maximum atomic E-state index is 5.12. The number of hydrogen-bond donors (Lipinski definition) is 0. The first-order valence-corrected chi connectivity index (χ1v) is 35.8. The molecule has 0 atom stereocenters. The van der Waals surface area contributed by atoms with Crippen LogP contribution in [0.4, 0.5) is 0 Å². The maximum absolute atomic E-state index is 5.12. The molecule has 1 heteroatoms. The lowest BCUT2D eigenvalue weighted by atomic mass is 9.85. The van der Waals surface area contributed by atoms with E-state index in [4.69, 9.17) is 4.74 Å². The van der Waals surface area contributed by atoms with E-state index in [9.17, 15) is 0 Å². The van der Waals surface area contributed by atoms with Gasteiger partial charge in [-0.2, -0.15) is 0 Å². The third kappa shape index (κ3) is 31.5. The predicted octanol–water partition coefficient (Wildman–Crippen LogP) is 25.8. The quantitative estimate of drug-likeness (QED) is 0.0373. The zero-order valence-corrected chi connectivity index (χ0v) is 58.8. The Labute approximate surface area is 552 Å². The Kier molecular flexibility index (Phi) is 35.8. The Morgan fingerprint density at radius 3 is 0.667 bits per heavy atom. The highest BCUT2D eigenvalue weighted by molar-refractivity contribution is 5.36. The van der Waals surface area contributed by atoms with Crippen LogP contribution in [-0.4, -0.2) is 7.11 Å². The molecule has 0 aromatic heterocycles. The highest BCUT2D eigenvalue weighted by Crippen LogP contribution is 2.26. The normalized spacial score (nSPS) is 11.2. The van der Waals surface area contributed by atoms with Gasteiger partial charge in [-0.3, -0.25) is 0 Å². The summed E-state index contributed by atoms with van der Waals surface area (Å²) in [6.45, 7) is 22.7. The molecule has 0 unspecified atom stereocenters. The van der Waals surface area contributed by atoms with E-state index < -0.39 is 0 Å². The smallest absolute Gasteiger partial charge is 0.118 e. The number of unbranched alkanes of at least 4 members (excludes halogenated alkanes) is 16. The molecule has 8 aromatic carbocycles. The summed E-state index contributed by atoms with van der Waals surface area (Å²) in [4.78, 5) is 0. The second-order valence-corrected chi connectivity index (χ2v) is 27.9. The van der Waals surface area contributed by atoms with E-state index in [2.05, 4.69) is 251 Å². The fourth-order valence-electron chi connectivity index (χ4n) is 11.6. The second-order valence-electron chi connectivity index (χ2n) is 27.9. The average Bonchev–Trinajstić information content (AvgIpc) is 3.05. The molecule has 90 heavy (non-hydrogen) atoms. The predicted molar refractivity (Wildman–Crippen MR) is 397 cm³/mol. The Bertz CT molecular complexity index is 2840. The largest absolute Gasteiger partial charge is 0.497 e. The van der Waals surface area contributed by atoms with Gasteiger partial charge in [0, 0.05) is 0 Å². The Hall–Kier alpha value is -6.44. The second kappa shape index (κ2) is 43.3. The van der Waals surface area contributed by atoms with Gasteiger partial charge in [-0.1, -0.05) is 360 Å². The van der Waals surface area contributed by atoms with Gasteiger partial charge in [0.25, 0.3) is 0 Å². The molecule has 0 radical (unpaired) electrons. The first-order chi connectivity index (χ1) is 43.7. The molecule has 0 bridgehead atoms. The molecule has 484 valence electrons. The van der Waals surface area contributed by atoms with Gasteiger partial charge < -0.3 is 4.74 Å². The summed E-state index contributed by atoms with van der Waals surface area (Å²) < 4.78 is 5.12. The zero-order valence-electron chi connectivity index (χ0n) is 58.8. The molecular weight excluding hydrogens is 1080 g/mol. The summed E-state index contributed by atoms with van der Waals surface area (Å²) >= 11 is 0. The Morgan fingerprint density at radius 1 is 0.222 bits per heavy atom. The van der Waals surface area contributed by atoms with Crippen molar-refractivity contribution in [1.29, 1.82) is 0 Å². The number of methoxy groups -OCH3 is 1. The van der Waals surface area contributed by atoms with E-state index in [1.54, 1.807) is 7.11 Å². The number of ether oxygens (including phenoxy) is 1. The van der Waals surface area contributed by atoms with Crippen LogP contribution in [0.15, 0.2) is 200 Å². The summed E-state index contributed by atoms with van der Waals surface area (Å²) in [6, 6.07) is 74.0. The Balaban J connectivity index is 0.000000223. The van der Waals surface area contributed by atoms with Crippen molar-refractivity contribution in [1.82, 2.24) is 0 Å². The van der Waals surface area contributed by atoms with Crippen LogP contribution >= 0.6 is 0 Å². The molecular formula is C89H122O. The minimum absolute atomic E-state index is 0.229. The molecule has 0 saturated carbocycles. The number of rotatable bonds is 33. The van der Waals surface area contributed by atoms with Crippen LogP contribution < -0.4 is 4.74 Å². The van der Waals surface area contributed by atoms with Gasteiger partial charge in [-0.25, -0.2) is 0 Å². The molecule has 0 N–H and O–H groups in total. The van der Waals surface area contributed by atoms with Crippen molar-refractivity contribution in [3.05, 3.63) is 278 Å². The molecule has 0 spiro atoms. The van der Waals surface area contributed by atoms with Gasteiger partial charge in [0.15, 0.2) is 0 Å². The molecule has 8 aromatic rings. The van der Waals surface area contributed by atoms with Crippen LogP contribution in [0.2, 0.25) is 0 Å². The molecule has 0 amide bonds. The van der Waals surface area contributed by atoms with E-state index in [0.717, 1.165) is 31.4 Å². The molecule has 0 aliphatic carbocycles. The van der Waals surface area contributed by atoms with Crippen molar-refractivity contribution in [3.8, 4) is 5.75 Å². The van der Waals surface area contributed by atoms with Crippen molar-refractivity contribution >= 4 is 0 Å². The first kappa shape index (κ1) is 74.3. The van der Waals surface area contributed by atoms with Crippen molar-refractivity contribution in [3.63, 3.8) is 0 Å². The maximum Gasteiger partial charge on any atom is 0.118 e. The van der Waals surface area contributed by atoms with Crippen LogP contribution in [-0.2, 0) is 62.2 Å². The number of hydrogen-bond acceptors (Lipinski definition) is 1. The van der Waals surface area contributed by atoms with Crippen molar-refractivity contribution in [2.75, 3.05) is 7.11 Å². The molecule has 1 nitrogen and oxygen atoms in total. The van der Waals surface area contributed by atoms with Gasteiger partial charge in [0.2, 0.25) is 0 Å². The van der Waals surface area contributed by atoms with E-state index in [-0.39, 0.29) is 10.8 Å². The molecule has 0 heterocycles. The summed E-state index contributed by atoms with van der Waals surface area (Å²) in [5.74, 6) is 0.909. The fraction of sp³-hybridized carbons (Fsp3) is 0.461. The fourth-order valence-corrected chi connectivity index (χ4v) is 11.6. The molecule has 0 fully saturated rings. The van der Waals surface area contributed by atoms with Gasteiger partial charge >= 0.3 is 0 Å². The third-order valence-corrected chi connectivity index (χ3v) is 17.6. The van der Waals surface area contributed by atoms with Gasteiger partial charge in [-0.05, 0) is 178 Å². The van der Waals surface area contributed by atoms with Crippen LogP contribution in [0.5, 0.6) is 5.75 Å². The zero-order chi connectivity index (χ0) is 64.5. The summed E-state index contributed by atoms with van der Waals surface area (Å²) in [6.07, 6.45) is 36.3. The van der Waals surface area contributed by atoms with E-state index >= 15 is 0 Å². The summed E-state index contributed by atoms with van der Waals surface area (Å²) in [5, 5.41) is 0. The van der Waals surface area contributed by atoms with Gasteiger partial charge in [0.05, 0.1) is 7.11 Å². The monoisotopic (exact) mass is 1210 g/mol. The lowest BCUT2D eigenvalue weighted by molar-refractivity contribution is 0.414. The van der Waals surface area contributed by atoms with Crippen LogP contribution in [0.3, 0.4) is 0 Å². The number of aryl methyl sites for hydroxylation is 4.